The lowest BCUT2D eigenvalue weighted by Crippen LogP contribution is -2.35. The van der Waals surface area contributed by atoms with E-state index < -0.39 is 9.84 Å². The number of rotatable bonds is 2. The number of sulfone groups is 1. The van der Waals surface area contributed by atoms with Gasteiger partial charge in [0.05, 0.1) is 11.5 Å². The van der Waals surface area contributed by atoms with Gasteiger partial charge in [-0.25, -0.2) is 8.42 Å². The standard InChI is InChI=1S/C8H10Cl2N4O2S/c9-6-7(12-8(10)14-13-6)11-5-2-1-3-17(15,16)4-5/h5H,1-4H2,(H,11,12,14). The molecule has 2 heterocycles. The minimum Gasteiger partial charge on any atom is -0.364 e. The molecule has 1 fully saturated rings. The molecule has 1 aromatic heterocycles. The topological polar surface area (TPSA) is 84.8 Å². The summed E-state index contributed by atoms with van der Waals surface area (Å²) in [5.41, 5.74) is 0. The normalized spacial score (nSPS) is 23.3. The van der Waals surface area contributed by atoms with Crippen LogP contribution in [0.1, 0.15) is 12.8 Å². The molecule has 0 spiro atoms. The van der Waals surface area contributed by atoms with Crippen molar-refractivity contribution in [3.05, 3.63) is 10.4 Å². The van der Waals surface area contributed by atoms with E-state index in [1.807, 2.05) is 0 Å². The molecule has 17 heavy (non-hydrogen) atoms. The molecule has 9 heteroatoms. The van der Waals surface area contributed by atoms with Crippen LogP contribution in [-0.4, -0.2) is 41.1 Å². The van der Waals surface area contributed by atoms with Gasteiger partial charge in [0, 0.05) is 6.04 Å². The summed E-state index contributed by atoms with van der Waals surface area (Å²) in [6, 6.07) is -0.209. The third-order valence-corrected chi connectivity index (χ3v) is 4.66. The minimum atomic E-state index is -2.98. The quantitative estimate of drug-likeness (QED) is 0.882. The third kappa shape index (κ3) is 3.40. The van der Waals surface area contributed by atoms with Gasteiger partial charge in [-0.15, -0.1) is 10.2 Å². The zero-order valence-electron chi connectivity index (χ0n) is 8.73. The maximum atomic E-state index is 11.5. The number of anilines is 1. The Balaban J connectivity index is 2.13. The van der Waals surface area contributed by atoms with Crippen molar-refractivity contribution in [2.75, 3.05) is 16.8 Å². The van der Waals surface area contributed by atoms with Crippen LogP contribution < -0.4 is 5.32 Å². The molecule has 1 atom stereocenters. The van der Waals surface area contributed by atoms with E-state index in [0.29, 0.717) is 6.42 Å². The monoisotopic (exact) mass is 296 g/mol. The highest BCUT2D eigenvalue weighted by molar-refractivity contribution is 7.91. The molecule has 2 rings (SSSR count). The fourth-order valence-corrected chi connectivity index (χ4v) is 3.61. The van der Waals surface area contributed by atoms with Crippen molar-refractivity contribution in [1.82, 2.24) is 15.2 Å². The van der Waals surface area contributed by atoms with Crippen LogP contribution in [0.5, 0.6) is 0 Å². The smallest absolute Gasteiger partial charge is 0.245 e. The largest absolute Gasteiger partial charge is 0.364 e. The first-order valence-electron chi connectivity index (χ1n) is 4.99. The van der Waals surface area contributed by atoms with Gasteiger partial charge < -0.3 is 5.32 Å². The molecule has 1 saturated heterocycles. The fraction of sp³-hybridized carbons (Fsp3) is 0.625. The number of aromatic nitrogens is 3. The van der Waals surface area contributed by atoms with E-state index in [1.165, 1.54) is 0 Å². The predicted molar refractivity (Wildman–Crippen MR) is 65.1 cm³/mol. The molecule has 0 saturated carbocycles. The molecule has 0 amide bonds. The van der Waals surface area contributed by atoms with Gasteiger partial charge >= 0.3 is 0 Å². The van der Waals surface area contributed by atoms with E-state index in [0.717, 1.165) is 6.42 Å². The third-order valence-electron chi connectivity index (χ3n) is 2.42. The maximum Gasteiger partial charge on any atom is 0.245 e. The van der Waals surface area contributed by atoms with Gasteiger partial charge in [0.25, 0.3) is 0 Å². The molecule has 0 bridgehead atoms. The van der Waals surface area contributed by atoms with E-state index >= 15 is 0 Å². The van der Waals surface area contributed by atoms with Gasteiger partial charge in [0.2, 0.25) is 5.28 Å². The van der Waals surface area contributed by atoms with Crippen molar-refractivity contribution < 1.29 is 8.42 Å². The maximum absolute atomic E-state index is 11.5. The first kappa shape index (κ1) is 12.8. The molecule has 6 nitrogen and oxygen atoms in total. The molecule has 0 aliphatic carbocycles. The molecule has 1 aliphatic rings. The van der Waals surface area contributed by atoms with Gasteiger partial charge in [0.1, 0.15) is 0 Å². The van der Waals surface area contributed by atoms with E-state index in [4.69, 9.17) is 23.2 Å². The lowest BCUT2D eigenvalue weighted by atomic mass is 10.2. The average Bonchev–Trinajstić information content (AvgIpc) is 2.22. The Morgan fingerprint density at radius 2 is 2.06 bits per heavy atom. The van der Waals surface area contributed by atoms with Crippen molar-refractivity contribution in [3.63, 3.8) is 0 Å². The second kappa shape index (κ2) is 4.91. The van der Waals surface area contributed by atoms with E-state index in [9.17, 15) is 8.42 Å². The number of nitrogens with zero attached hydrogens (tertiary/aromatic N) is 3. The minimum absolute atomic E-state index is 0.0319. The summed E-state index contributed by atoms with van der Waals surface area (Å²) in [5.74, 6) is 0.584. The van der Waals surface area contributed by atoms with Crippen molar-refractivity contribution in [1.29, 1.82) is 0 Å². The Bertz CT molecular complexity index is 522. The lowest BCUT2D eigenvalue weighted by molar-refractivity contribution is 0.561. The number of hydrogen-bond donors (Lipinski definition) is 1. The number of nitrogens with one attached hydrogen (secondary N) is 1. The molecule has 94 valence electrons. The zero-order chi connectivity index (χ0) is 12.5. The first-order chi connectivity index (χ1) is 7.96. The highest BCUT2D eigenvalue weighted by Crippen LogP contribution is 2.21. The van der Waals surface area contributed by atoms with Crippen molar-refractivity contribution in [3.8, 4) is 0 Å². The van der Waals surface area contributed by atoms with Crippen LogP contribution in [-0.2, 0) is 9.84 Å². The summed E-state index contributed by atoms with van der Waals surface area (Å²) in [6.07, 6.45) is 1.38. The lowest BCUT2D eigenvalue weighted by Gasteiger charge is -2.23. The number of halogens is 2. The van der Waals surface area contributed by atoms with Crippen LogP contribution in [0, 0.1) is 0 Å². The summed E-state index contributed by atoms with van der Waals surface area (Å²) in [6.45, 7) is 0. The SMILES string of the molecule is O=S1(=O)CCCC(Nc2nc(Cl)nnc2Cl)C1. The Hall–Kier alpha value is -0.660. The van der Waals surface area contributed by atoms with Crippen molar-refractivity contribution in [2.45, 2.75) is 18.9 Å². The molecular formula is C8H10Cl2N4O2S. The van der Waals surface area contributed by atoms with Crippen molar-refractivity contribution >= 4 is 38.9 Å². The first-order valence-corrected chi connectivity index (χ1v) is 7.57. The molecule has 0 aromatic carbocycles. The van der Waals surface area contributed by atoms with Crippen LogP contribution in [0.25, 0.3) is 0 Å². The molecule has 1 aliphatic heterocycles. The van der Waals surface area contributed by atoms with Crippen LogP contribution >= 0.6 is 23.2 Å². The highest BCUT2D eigenvalue weighted by atomic mass is 35.5. The molecule has 1 unspecified atom stereocenters. The van der Waals surface area contributed by atoms with Gasteiger partial charge in [-0.3, -0.25) is 0 Å². The summed E-state index contributed by atoms with van der Waals surface area (Å²) >= 11 is 11.4. The van der Waals surface area contributed by atoms with Crippen LogP contribution in [0.4, 0.5) is 5.82 Å². The second-order valence-corrected chi connectivity index (χ2v) is 6.74. The van der Waals surface area contributed by atoms with Crippen molar-refractivity contribution in [2.24, 2.45) is 0 Å². The predicted octanol–water partition coefficient (Wildman–Crippen LogP) is 1.17. The fourth-order valence-electron chi connectivity index (χ4n) is 1.72. The van der Waals surface area contributed by atoms with Crippen LogP contribution in [0.2, 0.25) is 10.4 Å². The summed E-state index contributed by atoms with van der Waals surface area (Å²) in [5, 5.41) is 10.1. The highest BCUT2D eigenvalue weighted by Gasteiger charge is 2.25. The summed E-state index contributed by atoms with van der Waals surface area (Å²) in [4.78, 5) is 3.87. The van der Waals surface area contributed by atoms with Gasteiger partial charge in [-0.2, -0.15) is 4.98 Å². The Morgan fingerprint density at radius 1 is 1.29 bits per heavy atom. The average molecular weight is 297 g/mol. The number of hydrogen-bond acceptors (Lipinski definition) is 6. The zero-order valence-corrected chi connectivity index (χ0v) is 11.1. The Labute approximate surface area is 109 Å². The molecule has 1 N–H and O–H groups in total. The van der Waals surface area contributed by atoms with Gasteiger partial charge in [0.15, 0.2) is 20.8 Å². The van der Waals surface area contributed by atoms with Gasteiger partial charge in [-0.1, -0.05) is 11.6 Å². The Morgan fingerprint density at radius 3 is 2.76 bits per heavy atom. The molecule has 0 radical (unpaired) electrons. The Kier molecular flexibility index (Phi) is 3.70. The van der Waals surface area contributed by atoms with E-state index in [2.05, 4.69) is 20.5 Å². The second-order valence-electron chi connectivity index (χ2n) is 3.82. The van der Waals surface area contributed by atoms with Crippen LogP contribution in [0.15, 0.2) is 0 Å². The summed E-state index contributed by atoms with van der Waals surface area (Å²) in [7, 11) is -2.98. The molecular weight excluding hydrogens is 287 g/mol. The molecule has 1 aromatic rings. The summed E-state index contributed by atoms with van der Waals surface area (Å²) < 4.78 is 22.9. The van der Waals surface area contributed by atoms with Gasteiger partial charge in [-0.05, 0) is 24.4 Å². The van der Waals surface area contributed by atoms with Crippen LogP contribution in [0.3, 0.4) is 0 Å². The van der Waals surface area contributed by atoms with E-state index in [-0.39, 0.29) is 33.8 Å². The van der Waals surface area contributed by atoms with E-state index in [1.54, 1.807) is 0 Å².